The summed E-state index contributed by atoms with van der Waals surface area (Å²) in [6.07, 6.45) is 4.16. The molecule has 21 heavy (non-hydrogen) atoms. The maximum Gasteiger partial charge on any atom is 0.326 e. The average Bonchev–Trinajstić information content (AvgIpc) is 2.23. The molecule has 0 aliphatic heterocycles. The number of hydrogen-bond donors (Lipinski definition) is 3. The third kappa shape index (κ3) is 5.94. The predicted octanol–water partition coefficient (Wildman–Crippen LogP) is 3.14. The summed E-state index contributed by atoms with van der Waals surface area (Å²) in [7, 11) is 0. The summed E-state index contributed by atoms with van der Waals surface area (Å²) in [6.45, 7) is 10.8. The number of carboxylic acids is 1. The van der Waals surface area contributed by atoms with E-state index in [1.165, 1.54) is 0 Å². The Hall–Kier alpha value is -1.26. The SMILES string of the molecule is CCC[C@H](NC(=O)NC1CC(C)(C)CC(C)(C)C1)C(=O)O. The zero-order chi connectivity index (χ0) is 16.3. The lowest BCUT2D eigenvalue weighted by atomic mass is 9.63. The number of carboxylic acid groups (broad SMARTS) is 1. The van der Waals surface area contributed by atoms with Crippen molar-refractivity contribution in [3.05, 3.63) is 0 Å². The highest BCUT2D eigenvalue weighted by atomic mass is 16.4. The van der Waals surface area contributed by atoms with Gasteiger partial charge in [-0.05, 0) is 36.5 Å². The molecule has 0 heterocycles. The van der Waals surface area contributed by atoms with Crippen LogP contribution in [0.5, 0.6) is 0 Å². The highest BCUT2D eigenvalue weighted by Crippen LogP contribution is 2.45. The van der Waals surface area contributed by atoms with Crippen LogP contribution < -0.4 is 10.6 Å². The van der Waals surface area contributed by atoms with Crippen LogP contribution in [0.2, 0.25) is 0 Å². The van der Waals surface area contributed by atoms with Crippen molar-refractivity contribution in [2.24, 2.45) is 10.8 Å². The van der Waals surface area contributed by atoms with E-state index in [1.54, 1.807) is 0 Å². The van der Waals surface area contributed by atoms with Gasteiger partial charge in [-0.15, -0.1) is 0 Å². The number of carbonyl (C=O) groups is 2. The van der Waals surface area contributed by atoms with Crippen LogP contribution in [0.1, 0.15) is 66.7 Å². The zero-order valence-electron chi connectivity index (χ0n) is 14.0. The molecule has 1 aliphatic carbocycles. The van der Waals surface area contributed by atoms with E-state index in [0.29, 0.717) is 6.42 Å². The van der Waals surface area contributed by atoms with Gasteiger partial charge in [0.05, 0.1) is 0 Å². The van der Waals surface area contributed by atoms with Crippen LogP contribution in [0.15, 0.2) is 0 Å². The van der Waals surface area contributed by atoms with Gasteiger partial charge in [0.15, 0.2) is 0 Å². The van der Waals surface area contributed by atoms with E-state index < -0.39 is 12.0 Å². The largest absolute Gasteiger partial charge is 0.480 e. The van der Waals surface area contributed by atoms with Gasteiger partial charge in [-0.3, -0.25) is 0 Å². The Bertz CT molecular complexity index is 375. The van der Waals surface area contributed by atoms with Crippen LogP contribution in [0, 0.1) is 10.8 Å². The van der Waals surface area contributed by atoms with Crippen molar-refractivity contribution in [2.75, 3.05) is 0 Å². The molecule has 5 heteroatoms. The molecule has 1 atom stereocenters. The Kier molecular flexibility index (Phi) is 5.65. The van der Waals surface area contributed by atoms with Crippen LogP contribution in [-0.4, -0.2) is 29.2 Å². The van der Waals surface area contributed by atoms with Crippen molar-refractivity contribution in [1.82, 2.24) is 10.6 Å². The normalized spacial score (nSPS) is 22.3. The summed E-state index contributed by atoms with van der Waals surface area (Å²) in [5.41, 5.74) is 0.380. The van der Waals surface area contributed by atoms with Gasteiger partial charge < -0.3 is 15.7 Å². The zero-order valence-corrected chi connectivity index (χ0v) is 14.0. The highest BCUT2D eigenvalue weighted by Gasteiger charge is 2.39. The summed E-state index contributed by atoms with van der Waals surface area (Å²) in [4.78, 5) is 23.1. The predicted molar refractivity (Wildman–Crippen MR) is 83.2 cm³/mol. The number of aliphatic carboxylic acids is 1. The van der Waals surface area contributed by atoms with Gasteiger partial charge >= 0.3 is 12.0 Å². The second kappa shape index (κ2) is 6.67. The lowest BCUT2D eigenvalue weighted by molar-refractivity contribution is -0.139. The van der Waals surface area contributed by atoms with Crippen molar-refractivity contribution in [3.63, 3.8) is 0 Å². The third-order valence-electron chi connectivity index (χ3n) is 4.07. The molecule has 3 N–H and O–H groups in total. The molecule has 1 saturated carbocycles. The lowest BCUT2D eigenvalue weighted by Gasteiger charge is -2.45. The van der Waals surface area contributed by atoms with Gasteiger partial charge in [0.2, 0.25) is 0 Å². The molecular formula is C16H30N2O3. The molecule has 0 unspecified atom stereocenters. The van der Waals surface area contributed by atoms with Gasteiger partial charge in [-0.2, -0.15) is 0 Å². The molecule has 1 aliphatic rings. The van der Waals surface area contributed by atoms with Gasteiger partial charge in [0.25, 0.3) is 0 Å². The van der Waals surface area contributed by atoms with E-state index in [0.717, 1.165) is 25.7 Å². The molecule has 2 amide bonds. The minimum atomic E-state index is -0.976. The van der Waals surface area contributed by atoms with E-state index in [-0.39, 0.29) is 22.9 Å². The van der Waals surface area contributed by atoms with Crippen LogP contribution >= 0.6 is 0 Å². The first-order valence-electron chi connectivity index (χ1n) is 7.84. The van der Waals surface area contributed by atoms with Crippen LogP contribution in [-0.2, 0) is 4.79 Å². The first-order valence-corrected chi connectivity index (χ1v) is 7.84. The Morgan fingerprint density at radius 2 is 1.71 bits per heavy atom. The van der Waals surface area contributed by atoms with Gasteiger partial charge in [0, 0.05) is 6.04 Å². The Morgan fingerprint density at radius 1 is 1.19 bits per heavy atom. The van der Waals surface area contributed by atoms with Crippen molar-refractivity contribution in [1.29, 1.82) is 0 Å². The number of hydrogen-bond acceptors (Lipinski definition) is 2. The number of urea groups is 1. The van der Waals surface area contributed by atoms with E-state index in [4.69, 9.17) is 5.11 Å². The minimum absolute atomic E-state index is 0.0971. The standard InChI is InChI=1S/C16H30N2O3/c1-6-7-12(13(19)20)18-14(21)17-11-8-15(2,3)10-16(4,5)9-11/h11-12H,6-10H2,1-5H3,(H,19,20)(H2,17,18,21)/t12-/m0/s1. The fourth-order valence-corrected chi connectivity index (χ4v) is 3.88. The van der Waals surface area contributed by atoms with E-state index >= 15 is 0 Å². The van der Waals surface area contributed by atoms with Crippen molar-refractivity contribution >= 4 is 12.0 Å². The Labute approximate surface area is 127 Å². The molecule has 0 spiro atoms. The minimum Gasteiger partial charge on any atom is -0.480 e. The van der Waals surface area contributed by atoms with E-state index in [9.17, 15) is 9.59 Å². The molecule has 5 nitrogen and oxygen atoms in total. The highest BCUT2D eigenvalue weighted by molar-refractivity contribution is 5.82. The lowest BCUT2D eigenvalue weighted by Crippen LogP contribution is -2.52. The monoisotopic (exact) mass is 298 g/mol. The summed E-state index contributed by atoms with van der Waals surface area (Å²) < 4.78 is 0. The number of carbonyl (C=O) groups excluding carboxylic acids is 1. The van der Waals surface area contributed by atoms with Crippen molar-refractivity contribution < 1.29 is 14.7 Å². The fraction of sp³-hybridized carbons (Fsp3) is 0.875. The van der Waals surface area contributed by atoms with Gasteiger partial charge in [0.1, 0.15) is 6.04 Å². The second-order valence-electron chi connectivity index (χ2n) is 7.91. The summed E-state index contributed by atoms with van der Waals surface area (Å²) in [5.74, 6) is -0.976. The van der Waals surface area contributed by atoms with Crippen LogP contribution in [0.4, 0.5) is 4.79 Å². The molecule has 0 radical (unpaired) electrons. The summed E-state index contributed by atoms with van der Waals surface area (Å²) in [6, 6.07) is -1.08. The molecule has 0 bridgehead atoms. The molecule has 0 aromatic heterocycles. The average molecular weight is 298 g/mol. The molecule has 1 fully saturated rings. The number of rotatable bonds is 5. The van der Waals surface area contributed by atoms with E-state index in [1.807, 2.05) is 6.92 Å². The quantitative estimate of drug-likeness (QED) is 0.729. The Morgan fingerprint density at radius 3 is 2.14 bits per heavy atom. The maximum atomic E-state index is 12.0. The third-order valence-corrected chi connectivity index (χ3v) is 4.07. The van der Waals surface area contributed by atoms with Crippen molar-refractivity contribution in [2.45, 2.75) is 78.8 Å². The summed E-state index contributed by atoms with van der Waals surface area (Å²) in [5, 5.41) is 14.6. The fourth-order valence-electron chi connectivity index (χ4n) is 3.88. The van der Waals surface area contributed by atoms with Crippen molar-refractivity contribution in [3.8, 4) is 0 Å². The maximum absolute atomic E-state index is 12.0. The van der Waals surface area contributed by atoms with Gasteiger partial charge in [-0.1, -0.05) is 41.0 Å². The molecule has 0 aromatic rings. The molecule has 122 valence electrons. The van der Waals surface area contributed by atoms with E-state index in [2.05, 4.69) is 38.3 Å². The number of nitrogens with one attached hydrogen (secondary N) is 2. The summed E-state index contributed by atoms with van der Waals surface area (Å²) >= 11 is 0. The molecular weight excluding hydrogens is 268 g/mol. The van der Waals surface area contributed by atoms with Crippen LogP contribution in [0.3, 0.4) is 0 Å². The first-order chi connectivity index (χ1) is 9.54. The Balaban J connectivity index is 2.59. The topological polar surface area (TPSA) is 78.4 Å². The van der Waals surface area contributed by atoms with Gasteiger partial charge in [-0.25, -0.2) is 9.59 Å². The smallest absolute Gasteiger partial charge is 0.326 e. The second-order valence-corrected chi connectivity index (χ2v) is 7.91. The first kappa shape index (κ1) is 17.8. The molecule has 0 aromatic carbocycles. The molecule has 0 saturated heterocycles. The van der Waals surface area contributed by atoms with Crippen LogP contribution in [0.25, 0.3) is 0 Å². The number of amides is 2. The molecule has 1 rings (SSSR count).